The van der Waals surface area contributed by atoms with Gasteiger partial charge in [0.05, 0.1) is 6.26 Å². The van der Waals surface area contributed by atoms with Crippen LogP contribution in [0.5, 0.6) is 0 Å². The Morgan fingerprint density at radius 1 is 1.07 bits per heavy atom. The van der Waals surface area contributed by atoms with Crippen LogP contribution < -0.4 is 10.0 Å². The van der Waals surface area contributed by atoms with E-state index in [2.05, 4.69) is 39.0 Å². The van der Waals surface area contributed by atoms with Gasteiger partial charge in [-0.3, -0.25) is 9.52 Å². The van der Waals surface area contributed by atoms with Gasteiger partial charge in [0.15, 0.2) is 0 Å². The van der Waals surface area contributed by atoms with Crippen LogP contribution in [0.2, 0.25) is 0 Å². The molecule has 0 saturated heterocycles. The Labute approximate surface area is 164 Å². The van der Waals surface area contributed by atoms with E-state index in [1.165, 1.54) is 17.0 Å². The number of para-hydroxylation sites is 1. The molecule has 7 heteroatoms. The standard InChI is InChI=1S/C21H23N3O3S/c1-28(26,27)23-19-10-7-17(8-11-19)9-12-21(25)22-14-4-15-24-16-13-18-5-2-3-6-20(18)24/h2-3,5-13,16,23H,4,14-15H2,1H3,(H,22,25). The molecule has 1 amide bonds. The van der Waals surface area contributed by atoms with Crippen molar-refractivity contribution < 1.29 is 13.2 Å². The summed E-state index contributed by atoms with van der Waals surface area (Å²) in [6.07, 6.45) is 7.17. The summed E-state index contributed by atoms with van der Waals surface area (Å²) in [7, 11) is -3.29. The molecule has 0 radical (unpaired) electrons. The molecule has 2 aromatic carbocycles. The smallest absolute Gasteiger partial charge is 0.244 e. The monoisotopic (exact) mass is 397 g/mol. The van der Waals surface area contributed by atoms with Gasteiger partial charge in [-0.1, -0.05) is 30.3 Å². The van der Waals surface area contributed by atoms with E-state index in [0.29, 0.717) is 12.2 Å². The number of amides is 1. The van der Waals surface area contributed by atoms with Crippen LogP contribution in [0.1, 0.15) is 12.0 Å². The van der Waals surface area contributed by atoms with Crippen molar-refractivity contribution in [3.05, 3.63) is 72.4 Å². The van der Waals surface area contributed by atoms with E-state index in [9.17, 15) is 13.2 Å². The lowest BCUT2D eigenvalue weighted by atomic mass is 10.2. The van der Waals surface area contributed by atoms with Gasteiger partial charge in [0, 0.05) is 36.6 Å². The predicted octanol–water partition coefficient (Wildman–Crippen LogP) is 3.23. The molecular weight excluding hydrogens is 374 g/mol. The number of aromatic nitrogens is 1. The average molecular weight is 398 g/mol. The number of nitrogens with one attached hydrogen (secondary N) is 2. The number of rotatable bonds is 8. The fourth-order valence-electron chi connectivity index (χ4n) is 2.90. The zero-order chi connectivity index (χ0) is 20.0. The Morgan fingerprint density at radius 3 is 2.57 bits per heavy atom. The lowest BCUT2D eigenvalue weighted by molar-refractivity contribution is -0.116. The Kier molecular flexibility index (Phi) is 6.16. The van der Waals surface area contributed by atoms with Crippen LogP contribution in [-0.2, 0) is 21.4 Å². The van der Waals surface area contributed by atoms with E-state index in [1.807, 2.05) is 12.1 Å². The second-order valence-electron chi connectivity index (χ2n) is 6.54. The van der Waals surface area contributed by atoms with Crippen LogP contribution in [0.3, 0.4) is 0 Å². The third-order valence-electron chi connectivity index (χ3n) is 4.20. The second-order valence-corrected chi connectivity index (χ2v) is 8.29. The molecule has 3 aromatic rings. The summed E-state index contributed by atoms with van der Waals surface area (Å²) in [5, 5.41) is 4.09. The molecule has 0 saturated carbocycles. The molecule has 0 fully saturated rings. The summed E-state index contributed by atoms with van der Waals surface area (Å²) in [4.78, 5) is 11.9. The van der Waals surface area contributed by atoms with Gasteiger partial charge in [-0.25, -0.2) is 8.42 Å². The molecule has 0 spiro atoms. The zero-order valence-electron chi connectivity index (χ0n) is 15.6. The highest BCUT2D eigenvalue weighted by atomic mass is 32.2. The SMILES string of the molecule is CS(=O)(=O)Nc1ccc(C=CC(=O)NCCCn2ccc3ccccc32)cc1. The molecular formula is C21H23N3O3S. The van der Waals surface area contributed by atoms with Crippen molar-refractivity contribution in [3.63, 3.8) is 0 Å². The van der Waals surface area contributed by atoms with Gasteiger partial charge < -0.3 is 9.88 Å². The van der Waals surface area contributed by atoms with Crippen molar-refractivity contribution in [3.8, 4) is 0 Å². The van der Waals surface area contributed by atoms with E-state index in [-0.39, 0.29) is 5.91 Å². The molecule has 146 valence electrons. The molecule has 0 unspecified atom stereocenters. The fraction of sp³-hybridized carbons (Fsp3) is 0.190. The highest BCUT2D eigenvalue weighted by Gasteiger charge is 2.02. The first-order valence-electron chi connectivity index (χ1n) is 8.98. The van der Waals surface area contributed by atoms with E-state index < -0.39 is 10.0 Å². The maximum absolute atomic E-state index is 11.9. The van der Waals surface area contributed by atoms with Crippen LogP contribution in [0.4, 0.5) is 5.69 Å². The predicted molar refractivity (Wildman–Crippen MR) is 114 cm³/mol. The van der Waals surface area contributed by atoms with E-state index in [1.54, 1.807) is 30.3 Å². The Bertz CT molecular complexity index is 1080. The molecule has 0 atom stereocenters. The van der Waals surface area contributed by atoms with Gasteiger partial charge >= 0.3 is 0 Å². The molecule has 1 heterocycles. The molecule has 6 nitrogen and oxygen atoms in total. The molecule has 28 heavy (non-hydrogen) atoms. The number of benzene rings is 2. The van der Waals surface area contributed by atoms with Crippen molar-refractivity contribution >= 4 is 38.6 Å². The summed E-state index contributed by atoms with van der Waals surface area (Å²) >= 11 is 0. The summed E-state index contributed by atoms with van der Waals surface area (Å²) < 4.78 is 27.0. The lowest BCUT2D eigenvalue weighted by Crippen LogP contribution is -2.23. The number of aryl methyl sites for hydroxylation is 1. The van der Waals surface area contributed by atoms with Crippen LogP contribution in [-0.4, -0.2) is 31.7 Å². The Morgan fingerprint density at radius 2 is 1.82 bits per heavy atom. The first-order valence-corrected chi connectivity index (χ1v) is 10.9. The van der Waals surface area contributed by atoms with Gasteiger partial charge in [0.25, 0.3) is 0 Å². The number of carbonyl (C=O) groups excluding carboxylic acids is 1. The Hall–Kier alpha value is -3.06. The quantitative estimate of drug-likeness (QED) is 0.452. The normalized spacial score (nSPS) is 11.8. The molecule has 0 bridgehead atoms. The maximum Gasteiger partial charge on any atom is 0.244 e. The van der Waals surface area contributed by atoms with Gasteiger partial charge in [-0.05, 0) is 47.7 Å². The lowest BCUT2D eigenvalue weighted by Gasteiger charge is -2.06. The number of anilines is 1. The minimum Gasteiger partial charge on any atom is -0.352 e. The van der Waals surface area contributed by atoms with Crippen molar-refractivity contribution in [2.75, 3.05) is 17.5 Å². The van der Waals surface area contributed by atoms with E-state index >= 15 is 0 Å². The van der Waals surface area contributed by atoms with Gasteiger partial charge in [-0.2, -0.15) is 0 Å². The third-order valence-corrected chi connectivity index (χ3v) is 4.80. The number of hydrogen-bond acceptors (Lipinski definition) is 3. The van der Waals surface area contributed by atoms with Crippen molar-refractivity contribution in [2.45, 2.75) is 13.0 Å². The van der Waals surface area contributed by atoms with Gasteiger partial charge in [0.1, 0.15) is 0 Å². The first kappa shape index (κ1) is 19.7. The summed E-state index contributed by atoms with van der Waals surface area (Å²) in [6.45, 7) is 1.43. The molecule has 2 N–H and O–H groups in total. The topological polar surface area (TPSA) is 80.2 Å². The molecule has 0 aliphatic rings. The highest BCUT2D eigenvalue weighted by molar-refractivity contribution is 7.92. The Balaban J connectivity index is 1.44. The summed E-state index contributed by atoms with van der Waals surface area (Å²) in [5.41, 5.74) is 2.50. The van der Waals surface area contributed by atoms with Crippen LogP contribution in [0.15, 0.2) is 66.9 Å². The average Bonchev–Trinajstić information content (AvgIpc) is 3.07. The largest absolute Gasteiger partial charge is 0.352 e. The minimum atomic E-state index is -3.29. The van der Waals surface area contributed by atoms with Gasteiger partial charge in [0.2, 0.25) is 15.9 Å². The maximum atomic E-state index is 11.9. The molecule has 3 rings (SSSR count). The van der Waals surface area contributed by atoms with Crippen molar-refractivity contribution in [1.82, 2.24) is 9.88 Å². The van der Waals surface area contributed by atoms with E-state index in [4.69, 9.17) is 0 Å². The summed E-state index contributed by atoms with van der Waals surface area (Å²) in [6, 6.07) is 17.1. The van der Waals surface area contributed by atoms with Gasteiger partial charge in [-0.15, -0.1) is 0 Å². The summed E-state index contributed by atoms with van der Waals surface area (Å²) in [5.74, 6) is -0.157. The van der Waals surface area contributed by atoms with Crippen LogP contribution >= 0.6 is 0 Å². The molecule has 0 aliphatic heterocycles. The highest BCUT2D eigenvalue weighted by Crippen LogP contribution is 2.15. The number of hydrogen-bond donors (Lipinski definition) is 2. The minimum absolute atomic E-state index is 0.157. The second kappa shape index (κ2) is 8.75. The number of sulfonamides is 1. The molecule has 1 aromatic heterocycles. The van der Waals surface area contributed by atoms with Crippen LogP contribution in [0, 0.1) is 0 Å². The third kappa shape index (κ3) is 5.72. The first-order chi connectivity index (χ1) is 13.4. The van der Waals surface area contributed by atoms with E-state index in [0.717, 1.165) is 24.8 Å². The van der Waals surface area contributed by atoms with Crippen LogP contribution in [0.25, 0.3) is 17.0 Å². The van der Waals surface area contributed by atoms with Crippen molar-refractivity contribution in [1.29, 1.82) is 0 Å². The van der Waals surface area contributed by atoms with Crippen molar-refractivity contribution in [2.24, 2.45) is 0 Å². The fourth-order valence-corrected chi connectivity index (χ4v) is 3.47. The number of nitrogens with zero attached hydrogens (tertiary/aromatic N) is 1. The molecule has 0 aliphatic carbocycles. The zero-order valence-corrected chi connectivity index (χ0v) is 16.4. The number of carbonyl (C=O) groups is 1. The number of fused-ring (bicyclic) bond motifs is 1.